The van der Waals surface area contributed by atoms with Crippen LogP contribution >= 0.6 is 0 Å². The number of hydrogen-bond acceptors (Lipinski definition) is 4. The van der Waals surface area contributed by atoms with Gasteiger partial charge < -0.3 is 20.5 Å². The van der Waals surface area contributed by atoms with Gasteiger partial charge in [0.15, 0.2) is 0 Å². The number of benzene rings is 2. The maximum atomic E-state index is 13.4. The fraction of sp³-hybridized carbons (Fsp3) is 0.316. The third kappa shape index (κ3) is 5.01. The Balaban J connectivity index is 2.10. The zero-order valence-electron chi connectivity index (χ0n) is 14.6. The standard InChI is InChI=1S/C19H23FN2O3/c1-12(21-10-14-4-6-17(20)16(8-14)11-23)15-5-7-19(25-3)18(9-15)22-13(2)24/h4-9,12,21,23H,10-11H2,1-3H3,(H,22,24). The Kier molecular flexibility index (Phi) is 6.50. The van der Waals surface area contributed by atoms with Crippen molar-refractivity contribution in [2.75, 3.05) is 12.4 Å². The van der Waals surface area contributed by atoms with Gasteiger partial charge in [-0.1, -0.05) is 12.1 Å². The summed E-state index contributed by atoms with van der Waals surface area (Å²) in [5.41, 5.74) is 2.76. The number of rotatable bonds is 7. The molecule has 1 unspecified atom stereocenters. The number of carbonyl (C=O) groups is 1. The highest BCUT2D eigenvalue weighted by Crippen LogP contribution is 2.28. The number of halogens is 1. The molecule has 0 heterocycles. The van der Waals surface area contributed by atoms with E-state index in [-0.39, 0.29) is 24.1 Å². The maximum Gasteiger partial charge on any atom is 0.221 e. The smallest absolute Gasteiger partial charge is 0.221 e. The van der Waals surface area contributed by atoms with Crippen LogP contribution in [0, 0.1) is 5.82 Å². The highest BCUT2D eigenvalue weighted by atomic mass is 19.1. The van der Waals surface area contributed by atoms with Crippen LogP contribution in [-0.4, -0.2) is 18.1 Å². The van der Waals surface area contributed by atoms with E-state index < -0.39 is 5.82 Å². The van der Waals surface area contributed by atoms with Crippen LogP contribution in [0.4, 0.5) is 10.1 Å². The Morgan fingerprint density at radius 1 is 1.28 bits per heavy atom. The van der Waals surface area contributed by atoms with Crippen LogP contribution < -0.4 is 15.4 Å². The quantitative estimate of drug-likeness (QED) is 0.720. The molecule has 0 aliphatic heterocycles. The third-order valence-electron chi connectivity index (χ3n) is 3.93. The molecule has 1 atom stereocenters. The molecule has 0 saturated carbocycles. The largest absolute Gasteiger partial charge is 0.495 e. The molecule has 25 heavy (non-hydrogen) atoms. The molecule has 1 amide bonds. The topological polar surface area (TPSA) is 70.6 Å². The van der Waals surface area contributed by atoms with E-state index in [9.17, 15) is 9.18 Å². The molecule has 6 heteroatoms. The molecule has 2 rings (SSSR count). The van der Waals surface area contributed by atoms with Gasteiger partial charge in [-0.15, -0.1) is 0 Å². The van der Waals surface area contributed by atoms with Gasteiger partial charge >= 0.3 is 0 Å². The molecule has 0 aromatic heterocycles. The van der Waals surface area contributed by atoms with E-state index in [0.717, 1.165) is 11.1 Å². The van der Waals surface area contributed by atoms with E-state index in [4.69, 9.17) is 9.84 Å². The van der Waals surface area contributed by atoms with Crippen molar-refractivity contribution < 1.29 is 19.0 Å². The summed E-state index contributed by atoms with van der Waals surface area (Å²) in [6.07, 6.45) is 0. The number of hydrogen-bond donors (Lipinski definition) is 3. The Labute approximate surface area is 146 Å². The second-order valence-electron chi connectivity index (χ2n) is 5.83. The maximum absolute atomic E-state index is 13.4. The van der Waals surface area contributed by atoms with Crippen molar-refractivity contribution in [1.82, 2.24) is 5.32 Å². The average molecular weight is 346 g/mol. The minimum Gasteiger partial charge on any atom is -0.495 e. The van der Waals surface area contributed by atoms with E-state index >= 15 is 0 Å². The molecule has 2 aromatic rings. The van der Waals surface area contributed by atoms with Crippen LogP contribution in [0.2, 0.25) is 0 Å². The lowest BCUT2D eigenvalue weighted by atomic mass is 10.1. The van der Waals surface area contributed by atoms with Crippen molar-refractivity contribution >= 4 is 11.6 Å². The van der Waals surface area contributed by atoms with Crippen LogP contribution in [-0.2, 0) is 17.9 Å². The van der Waals surface area contributed by atoms with Gasteiger partial charge in [0.05, 0.1) is 19.4 Å². The fourth-order valence-electron chi connectivity index (χ4n) is 2.53. The summed E-state index contributed by atoms with van der Waals surface area (Å²) < 4.78 is 18.7. The molecule has 0 spiro atoms. The molecule has 3 N–H and O–H groups in total. The van der Waals surface area contributed by atoms with Gasteiger partial charge in [0.1, 0.15) is 11.6 Å². The SMILES string of the molecule is COc1ccc(C(C)NCc2ccc(F)c(CO)c2)cc1NC(C)=O. The van der Waals surface area contributed by atoms with E-state index in [1.54, 1.807) is 25.3 Å². The second kappa shape index (κ2) is 8.60. The fourth-order valence-corrected chi connectivity index (χ4v) is 2.53. The minimum absolute atomic E-state index is 0.000967. The van der Waals surface area contributed by atoms with Gasteiger partial charge in [-0.25, -0.2) is 4.39 Å². The van der Waals surface area contributed by atoms with E-state index in [1.165, 1.54) is 13.0 Å². The Morgan fingerprint density at radius 3 is 2.68 bits per heavy atom. The summed E-state index contributed by atoms with van der Waals surface area (Å²) in [4.78, 5) is 11.3. The van der Waals surface area contributed by atoms with Crippen LogP contribution in [0.25, 0.3) is 0 Å². The predicted molar refractivity (Wildman–Crippen MR) is 94.9 cm³/mol. The summed E-state index contributed by atoms with van der Waals surface area (Å²) in [6, 6.07) is 10.3. The van der Waals surface area contributed by atoms with Crippen LogP contribution in [0.5, 0.6) is 5.75 Å². The zero-order chi connectivity index (χ0) is 18.4. The lowest BCUT2D eigenvalue weighted by Crippen LogP contribution is -2.18. The van der Waals surface area contributed by atoms with E-state index in [0.29, 0.717) is 18.0 Å². The van der Waals surface area contributed by atoms with Gasteiger partial charge in [-0.2, -0.15) is 0 Å². The van der Waals surface area contributed by atoms with Crippen LogP contribution in [0.3, 0.4) is 0 Å². The first-order chi connectivity index (χ1) is 11.9. The summed E-state index contributed by atoms with van der Waals surface area (Å²) >= 11 is 0. The first-order valence-corrected chi connectivity index (χ1v) is 8.01. The molecular formula is C19H23FN2O3. The van der Waals surface area contributed by atoms with Crippen molar-refractivity contribution in [3.63, 3.8) is 0 Å². The van der Waals surface area contributed by atoms with E-state index in [1.807, 2.05) is 19.1 Å². The van der Waals surface area contributed by atoms with Gasteiger partial charge in [-0.05, 0) is 42.3 Å². The van der Waals surface area contributed by atoms with Gasteiger partial charge in [0.25, 0.3) is 0 Å². The first-order valence-electron chi connectivity index (χ1n) is 8.01. The van der Waals surface area contributed by atoms with Gasteiger partial charge in [0, 0.05) is 25.1 Å². The van der Waals surface area contributed by atoms with Gasteiger partial charge in [0.2, 0.25) is 5.91 Å². The van der Waals surface area contributed by atoms with Gasteiger partial charge in [-0.3, -0.25) is 4.79 Å². The van der Waals surface area contributed by atoms with E-state index in [2.05, 4.69) is 10.6 Å². The van der Waals surface area contributed by atoms with Crippen molar-refractivity contribution in [2.45, 2.75) is 33.0 Å². The third-order valence-corrected chi connectivity index (χ3v) is 3.93. The second-order valence-corrected chi connectivity index (χ2v) is 5.83. The number of nitrogens with one attached hydrogen (secondary N) is 2. The molecule has 0 radical (unpaired) electrons. The van der Waals surface area contributed by atoms with Crippen molar-refractivity contribution in [1.29, 1.82) is 0 Å². The average Bonchev–Trinajstić information content (AvgIpc) is 2.60. The molecule has 0 bridgehead atoms. The highest BCUT2D eigenvalue weighted by Gasteiger charge is 2.11. The number of methoxy groups -OCH3 is 1. The molecule has 0 saturated heterocycles. The molecule has 134 valence electrons. The van der Waals surface area contributed by atoms with Crippen molar-refractivity contribution in [2.24, 2.45) is 0 Å². The Bertz CT molecular complexity index is 749. The van der Waals surface area contributed by atoms with Crippen molar-refractivity contribution in [3.8, 4) is 5.75 Å². The molecule has 5 nitrogen and oxygen atoms in total. The monoisotopic (exact) mass is 346 g/mol. The first kappa shape index (κ1) is 18.9. The Morgan fingerprint density at radius 2 is 2.04 bits per heavy atom. The zero-order valence-corrected chi connectivity index (χ0v) is 14.6. The predicted octanol–water partition coefficient (Wildman–Crippen LogP) is 3.14. The number of anilines is 1. The van der Waals surface area contributed by atoms with Crippen molar-refractivity contribution in [3.05, 3.63) is 58.9 Å². The molecule has 0 fully saturated rings. The number of carbonyl (C=O) groups excluding carboxylic acids is 1. The molecule has 2 aromatic carbocycles. The number of aliphatic hydroxyl groups is 1. The number of aliphatic hydroxyl groups excluding tert-OH is 1. The number of ether oxygens (including phenoxy) is 1. The van der Waals surface area contributed by atoms with Crippen LogP contribution in [0.15, 0.2) is 36.4 Å². The summed E-state index contributed by atoms with van der Waals surface area (Å²) in [5, 5.41) is 15.2. The summed E-state index contributed by atoms with van der Waals surface area (Å²) in [5.74, 6) is 0.0191. The molecule has 0 aliphatic carbocycles. The van der Waals surface area contributed by atoms with Crippen LogP contribution in [0.1, 0.15) is 36.6 Å². The number of amides is 1. The summed E-state index contributed by atoms with van der Waals surface area (Å²) in [7, 11) is 1.55. The lowest BCUT2D eigenvalue weighted by molar-refractivity contribution is -0.114. The molecular weight excluding hydrogens is 323 g/mol. The molecule has 0 aliphatic rings. The Hall–Kier alpha value is -2.44. The highest BCUT2D eigenvalue weighted by molar-refractivity contribution is 5.90. The lowest BCUT2D eigenvalue weighted by Gasteiger charge is -2.17. The minimum atomic E-state index is -0.408. The normalized spacial score (nSPS) is 11.9. The summed E-state index contributed by atoms with van der Waals surface area (Å²) in [6.45, 7) is 3.64.